The van der Waals surface area contributed by atoms with Gasteiger partial charge in [-0.05, 0) is 0 Å². The third-order valence-corrected chi connectivity index (χ3v) is 6.14. The van der Waals surface area contributed by atoms with Crippen molar-refractivity contribution >= 4 is 15.0 Å². The summed E-state index contributed by atoms with van der Waals surface area (Å²) in [6.07, 6.45) is 1.38. The van der Waals surface area contributed by atoms with E-state index in [2.05, 4.69) is 27.7 Å². The van der Waals surface area contributed by atoms with Crippen LogP contribution in [0.5, 0.6) is 0 Å². The SMILES string of the molecule is CC1=C(C)CC(C(C)C)[Se]C1. The third-order valence-electron chi connectivity index (χ3n) is 2.49. The molecule has 0 aromatic rings. The Morgan fingerprint density at radius 3 is 2.36 bits per heavy atom. The topological polar surface area (TPSA) is 0 Å². The van der Waals surface area contributed by atoms with Crippen LogP contribution in [0, 0.1) is 5.92 Å². The molecule has 1 unspecified atom stereocenters. The Morgan fingerprint density at radius 2 is 1.91 bits per heavy atom. The van der Waals surface area contributed by atoms with Gasteiger partial charge in [0.15, 0.2) is 0 Å². The summed E-state index contributed by atoms with van der Waals surface area (Å²) in [7, 11) is 0. The van der Waals surface area contributed by atoms with E-state index in [9.17, 15) is 0 Å². The molecule has 0 radical (unpaired) electrons. The molecule has 11 heavy (non-hydrogen) atoms. The first kappa shape index (κ1) is 9.35. The molecule has 1 atom stereocenters. The first-order chi connectivity index (χ1) is 5.11. The van der Waals surface area contributed by atoms with Crippen molar-refractivity contribution in [2.45, 2.75) is 44.3 Å². The Labute approximate surface area is 76.6 Å². The van der Waals surface area contributed by atoms with Crippen LogP contribution < -0.4 is 0 Å². The minimum atomic E-state index is 0.887. The maximum absolute atomic E-state index is 2.36. The molecule has 1 heteroatoms. The molecule has 1 aliphatic rings. The molecule has 0 nitrogen and oxygen atoms in total. The monoisotopic (exact) mass is 218 g/mol. The Balaban J connectivity index is 2.57. The van der Waals surface area contributed by atoms with Crippen molar-refractivity contribution in [3.05, 3.63) is 11.1 Å². The van der Waals surface area contributed by atoms with Crippen LogP contribution >= 0.6 is 0 Å². The van der Waals surface area contributed by atoms with Crippen LogP contribution in [0.3, 0.4) is 0 Å². The van der Waals surface area contributed by atoms with Gasteiger partial charge in [-0.2, -0.15) is 0 Å². The van der Waals surface area contributed by atoms with Crippen molar-refractivity contribution in [3.8, 4) is 0 Å². The summed E-state index contributed by atoms with van der Waals surface area (Å²) < 4.78 is 0. The maximum atomic E-state index is 2.36. The van der Waals surface area contributed by atoms with Gasteiger partial charge < -0.3 is 0 Å². The van der Waals surface area contributed by atoms with Crippen LogP contribution in [0.2, 0.25) is 10.1 Å². The second-order valence-electron chi connectivity index (χ2n) is 3.86. The van der Waals surface area contributed by atoms with Crippen molar-refractivity contribution in [2.24, 2.45) is 5.92 Å². The van der Waals surface area contributed by atoms with Crippen molar-refractivity contribution in [1.29, 1.82) is 0 Å². The van der Waals surface area contributed by atoms with Crippen molar-refractivity contribution < 1.29 is 0 Å². The third kappa shape index (κ3) is 2.35. The zero-order valence-electron chi connectivity index (χ0n) is 7.98. The van der Waals surface area contributed by atoms with E-state index in [4.69, 9.17) is 0 Å². The predicted molar refractivity (Wildman–Crippen MR) is 52.1 cm³/mol. The summed E-state index contributed by atoms with van der Waals surface area (Å²) >= 11 is 0.887. The molecule has 0 amide bonds. The van der Waals surface area contributed by atoms with E-state index in [-0.39, 0.29) is 0 Å². The summed E-state index contributed by atoms with van der Waals surface area (Å²) in [5.41, 5.74) is 3.33. The number of allylic oxidation sites excluding steroid dienone is 2. The van der Waals surface area contributed by atoms with Gasteiger partial charge in [-0.25, -0.2) is 0 Å². The van der Waals surface area contributed by atoms with Crippen LogP contribution in [0.1, 0.15) is 34.1 Å². The molecule has 1 aliphatic heterocycles. The van der Waals surface area contributed by atoms with Crippen LogP contribution in [-0.2, 0) is 0 Å². The molecule has 0 aromatic carbocycles. The van der Waals surface area contributed by atoms with Crippen molar-refractivity contribution in [2.75, 3.05) is 0 Å². The van der Waals surface area contributed by atoms with E-state index in [1.165, 1.54) is 11.7 Å². The minimum absolute atomic E-state index is 0.887. The average Bonchev–Trinajstić information content (AvgIpc) is 1.94. The van der Waals surface area contributed by atoms with Gasteiger partial charge >= 0.3 is 76.3 Å². The van der Waals surface area contributed by atoms with Crippen LogP contribution in [0.25, 0.3) is 0 Å². The predicted octanol–water partition coefficient (Wildman–Crippen LogP) is 3.29. The zero-order chi connectivity index (χ0) is 8.43. The van der Waals surface area contributed by atoms with Crippen LogP contribution in [0.15, 0.2) is 11.1 Å². The molecule has 0 saturated carbocycles. The van der Waals surface area contributed by atoms with E-state index >= 15 is 0 Å². The first-order valence-corrected chi connectivity index (χ1v) is 6.58. The van der Waals surface area contributed by atoms with E-state index in [1.807, 2.05) is 0 Å². The summed E-state index contributed by atoms with van der Waals surface area (Å²) in [6, 6.07) is 0. The van der Waals surface area contributed by atoms with Gasteiger partial charge in [0, 0.05) is 0 Å². The number of rotatable bonds is 1. The second-order valence-corrected chi connectivity index (χ2v) is 6.43. The van der Waals surface area contributed by atoms with Gasteiger partial charge in [-0.15, -0.1) is 0 Å². The summed E-state index contributed by atoms with van der Waals surface area (Å²) in [6.45, 7) is 9.33. The molecule has 0 aliphatic carbocycles. The molecule has 0 spiro atoms. The summed E-state index contributed by atoms with van der Waals surface area (Å²) in [5.74, 6) is 0.901. The molecule has 64 valence electrons. The Bertz CT molecular complexity index is 168. The second kappa shape index (κ2) is 3.78. The summed E-state index contributed by atoms with van der Waals surface area (Å²) in [4.78, 5) is 1.02. The first-order valence-electron chi connectivity index (χ1n) is 4.38. The Hall–Kier alpha value is 0.259. The molecule has 0 fully saturated rings. The van der Waals surface area contributed by atoms with Gasteiger partial charge in [-0.1, -0.05) is 0 Å². The Kier molecular flexibility index (Phi) is 3.21. The van der Waals surface area contributed by atoms with Gasteiger partial charge in [0.25, 0.3) is 0 Å². The molecule has 1 heterocycles. The summed E-state index contributed by atoms with van der Waals surface area (Å²) in [5, 5.41) is 1.40. The van der Waals surface area contributed by atoms with Gasteiger partial charge in [-0.3, -0.25) is 0 Å². The van der Waals surface area contributed by atoms with Crippen molar-refractivity contribution in [1.82, 2.24) is 0 Å². The van der Waals surface area contributed by atoms with Gasteiger partial charge in [0.05, 0.1) is 0 Å². The average molecular weight is 217 g/mol. The molecule has 0 bridgehead atoms. The quantitative estimate of drug-likeness (QED) is 0.467. The zero-order valence-corrected chi connectivity index (χ0v) is 9.69. The Morgan fingerprint density at radius 1 is 1.27 bits per heavy atom. The number of hydrogen-bond acceptors (Lipinski definition) is 0. The van der Waals surface area contributed by atoms with E-state index < -0.39 is 0 Å². The van der Waals surface area contributed by atoms with Crippen LogP contribution in [-0.4, -0.2) is 15.0 Å². The normalized spacial score (nSPS) is 26.5. The van der Waals surface area contributed by atoms with E-state index in [0.29, 0.717) is 0 Å². The molecular weight excluding hydrogens is 199 g/mol. The standard InChI is InChI=1S/C10H18Se/c1-7(2)10-5-8(3)9(4)6-11-10/h7,10H,5-6H2,1-4H3. The molecular formula is C10H18Se. The fraction of sp³-hybridized carbons (Fsp3) is 0.800. The van der Waals surface area contributed by atoms with E-state index in [0.717, 1.165) is 25.7 Å². The van der Waals surface area contributed by atoms with E-state index in [1.54, 1.807) is 11.1 Å². The number of hydrogen-bond donors (Lipinski definition) is 0. The van der Waals surface area contributed by atoms with Crippen molar-refractivity contribution in [3.63, 3.8) is 0 Å². The fourth-order valence-corrected chi connectivity index (χ4v) is 4.39. The molecule has 0 aromatic heterocycles. The molecule has 1 rings (SSSR count). The fourth-order valence-electron chi connectivity index (χ4n) is 1.32. The molecule has 0 N–H and O–H groups in total. The van der Waals surface area contributed by atoms with Crippen LogP contribution in [0.4, 0.5) is 0 Å². The van der Waals surface area contributed by atoms with Gasteiger partial charge in [0.2, 0.25) is 0 Å². The van der Waals surface area contributed by atoms with Gasteiger partial charge in [0.1, 0.15) is 0 Å². The molecule has 0 saturated heterocycles.